The summed E-state index contributed by atoms with van der Waals surface area (Å²) in [6.45, 7) is 17.2. The highest BCUT2D eigenvalue weighted by Gasteiger charge is 2.32. The molecule has 0 saturated carbocycles. The third-order valence-corrected chi connectivity index (χ3v) is 5.86. The number of hydrogen-bond acceptors (Lipinski definition) is 7. The minimum atomic E-state index is -0.711. The minimum Gasteiger partial charge on any atom is -0.444 e. The number of carbonyl (C=O) groups excluding carboxylic acids is 2. The predicted molar refractivity (Wildman–Crippen MR) is 134 cm³/mol. The SMILES string of the molecule is C=C1C(CNC=O)=C(c2c(C)[nH]c(=O)c(N)c2SC(C)C)C(NC(=O)OC(C)(C)C)=NC1C. The van der Waals surface area contributed by atoms with E-state index in [2.05, 4.69) is 27.2 Å². The zero-order valence-electron chi connectivity index (χ0n) is 20.2. The number of alkyl carbamates (subject to hydrolysis) is 1. The zero-order chi connectivity index (χ0) is 25.1. The van der Waals surface area contributed by atoms with E-state index in [0.29, 0.717) is 39.3 Å². The molecular formula is C23H33N5O4S. The van der Waals surface area contributed by atoms with E-state index in [1.54, 1.807) is 27.7 Å². The number of aromatic nitrogens is 1. The van der Waals surface area contributed by atoms with Crippen molar-refractivity contribution in [1.29, 1.82) is 0 Å². The van der Waals surface area contributed by atoms with Gasteiger partial charge in [0, 0.05) is 33.5 Å². The molecule has 0 fully saturated rings. The molecule has 9 nitrogen and oxygen atoms in total. The van der Waals surface area contributed by atoms with Crippen LogP contribution in [0.15, 0.2) is 32.4 Å². The number of aromatic amines is 1. The highest BCUT2D eigenvalue weighted by atomic mass is 32.2. The number of nitrogens with two attached hydrogens (primary N) is 1. The molecule has 1 aliphatic heterocycles. The fourth-order valence-electron chi connectivity index (χ4n) is 3.37. The van der Waals surface area contributed by atoms with Gasteiger partial charge < -0.3 is 20.8 Å². The van der Waals surface area contributed by atoms with Crippen molar-refractivity contribution in [3.63, 3.8) is 0 Å². The van der Waals surface area contributed by atoms with Crippen molar-refractivity contribution < 1.29 is 14.3 Å². The van der Waals surface area contributed by atoms with Gasteiger partial charge in [-0.1, -0.05) is 20.4 Å². The number of anilines is 1. The molecule has 0 aromatic carbocycles. The highest BCUT2D eigenvalue weighted by Crippen LogP contribution is 2.40. The average molecular weight is 476 g/mol. The molecule has 10 heteroatoms. The van der Waals surface area contributed by atoms with E-state index in [0.717, 1.165) is 0 Å². The first-order valence-corrected chi connectivity index (χ1v) is 11.5. The number of H-pyrrole nitrogens is 1. The molecule has 1 aromatic heterocycles. The number of rotatable bonds is 6. The summed E-state index contributed by atoms with van der Waals surface area (Å²) >= 11 is 1.43. The van der Waals surface area contributed by atoms with Crippen molar-refractivity contribution in [2.45, 2.75) is 70.3 Å². The number of aliphatic imine (C=N–C) groups is 1. The lowest BCUT2D eigenvalue weighted by Crippen LogP contribution is -2.40. The molecule has 0 saturated heterocycles. The number of pyridine rings is 1. The first-order chi connectivity index (χ1) is 15.3. The molecule has 33 heavy (non-hydrogen) atoms. The third-order valence-electron chi connectivity index (χ3n) is 4.73. The van der Waals surface area contributed by atoms with Crippen LogP contribution in [0.1, 0.15) is 52.8 Å². The van der Waals surface area contributed by atoms with Crippen LogP contribution in [0.5, 0.6) is 0 Å². The first-order valence-electron chi connectivity index (χ1n) is 10.6. The second kappa shape index (κ2) is 10.3. The monoisotopic (exact) mass is 475 g/mol. The van der Waals surface area contributed by atoms with E-state index in [1.165, 1.54) is 11.8 Å². The number of nitrogen functional groups attached to an aromatic ring is 1. The summed E-state index contributed by atoms with van der Waals surface area (Å²) in [5.74, 6) is 0.256. The average Bonchev–Trinajstić information content (AvgIpc) is 2.66. The summed E-state index contributed by atoms with van der Waals surface area (Å²) in [4.78, 5) is 44.3. The summed E-state index contributed by atoms with van der Waals surface area (Å²) in [6, 6.07) is -0.358. The van der Waals surface area contributed by atoms with E-state index < -0.39 is 17.3 Å². The number of nitrogens with one attached hydrogen (secondary N) is 3. The molecule has 2 heterocycles. The largest absolute Gasteiger partial charge is 0.444 e. The molecule has 1 atom stereocenters. The molecule has 2 rings (SSSR count). The summed E-state index contributed by atoms with van der Waals surface area (Å²) < 4.78 is 5.44. The quantitative estimate of drug-likeness (QED) is 0.368. The number of amides is 2. The third kappa shape index (κ3) is 6.28. The Hall–Kier alpha value is -3.01. The number of ether oxygens (including phenoxy) is 1. The molecule has 1 unspecified atom stereocenters. The Morgan fingerprint density at radius 2 is 2.03 bits per heavy atom. The van der Waals surface area contributed by atoms with Gasteiger partial charge in [-0.05, 0) is 45.8 Å². The van der Waals surface area contributed by atoms with Crippen LogP contribution in [0.25, 0.3) is 5.57 Å². The van der Waals surface area contributed by atoms with Crippen LogP contribution in [0, 0.1) is 6.92 Å². The Kier molecular flexibility index (Phi) is 8.18. The molecule has 0 bridgehead atoms. The normalized spacial score (nSPS) is 16.5. The fourth-order valence-corrected chi connectivity index (χ4v) is 4.43. The minimum absolute atomic E-state index is 0.0744. The lowest BCUT2D eigenvalue weighted by atomic mass is 9.87. The topological polar surface area (TPSA) is 139 Å². The van der Waals surface area contributed by atoms with Crippen LogP contribution in [0.2, 0.25) is 0 Å². The lowest BCUT2D eigenvalue weighted by Gasteiger charge is -2.30. The van der Waals surface area contributed by atoms with Crippen molar-refractivity contribution in [3.8, 4) is 0 Å². The van der Waals surface area contributed by atoms with Gasteiger partial charge >= 0.3 is 6.09 Å². The molecule has 0 aliphatic carbocycles. The maximum atomic E-state index is 12.7. The molecule has 180 valence electrons. The molecule has 0 radical (unpaired) electrons. The number of dihydropyridines is 1. The van der Waals surface area contributed by atoms with E-state index in [9.17, 15) is 14.4 Å². The maximum Gasteiger partial charge on any atom is 0.413 e. The molecule has 0 spiro atoms. The van der Waals surface area contributed by atoms with Gasteiger partial charge in [0.1, 0.15) is 17.1 Å². The van der Waals surface area contributed by atoms with Crippen molar-refractivity contribution in [2.75, 3.05) is 12.3 Å². The molecule has 2 amide bonds. The number of carbonyl (C=O) groups is 2. The van der Waals surface area contributed by atoms with Crippen molar-refractivity contribution >= 4 is 41.4 Å². The smallest absolute Gasteiger partial charge is 0.413 e. The Labute approximate surface area is 198 Å². The molecule has 1 aliphatic rings. The van der Waals surface area contributed by atoms with Crippen LogP contribution in [-0.4, -0.2) is 46.8 Å². The van der Waals surface area contributed by atoms with E-state index in [-0.39, 0.29) is 29.4 Å². The second-order valence-electron chi connectivity index (χ2n) is 9.02. The van der Waals surface area contributed by atoms with Gasteiger partial charge in [-0.25, -0.2) is 4.79 Å². The van der Waals surface area contributed by atoms with Crippen LogP contribution in [0.4, 0.5) is 10.5 Å². The van der Waals surface area contributed by atoms with Gasteiger partial charge in [0.25, 0.3) is 5.56 Å². The van der Waals surface area contributed by atoms with E-state index in [1.807, 2.05) is 20.8 Å². The van der Waals surface area contributed by atoms with Crippen LogP contribution in [-0.2, 0) is 9.53 Å². The number of nitrogens with zero attached hydrogens (tertiary/aromatic N) is 1. The van der Waals surface area contributed by atoms with E-state index in [4.69, 9.17) is 10.5 Å². The van der Waals surface area contributed by atoms with Gasteiger partial charge in [0.2, 0.25) is 6.41 Å². The summed E-state index contributed by atoms with van der Waals surface area (Å²) in [5.41, 5.74) is 8.24. The Morgan fingerprint density at radius 1 is 1.39 bits per heavy atom. The second-order valence-corrected chi connectivity index (χ2v) is 10.6. The molecular weight excluding hydrogens is 442 g/mol. The van der Waals surface area contributed by atoms with Gasteiger partial charge in [0.15, 0.2) is 0 Å². The summed E-state index contributed by atoms with van der Waals surface area (Å²) in [5, 5.41) is 5.55. The zero-order valence-corrected chi connectivity index (χ0v) is 21.0. The van der Waals surface area contributed by atoms with Crippen LogP contribution in [0.3, 0.4) is 0 Å². The molecule has 5 N–H and O–H groups in total. The van der Waals surface area contributed by atoms with Crippen LogP contribution < -0.4 is 21.9 Å². The van der Waals surface area contributed by atoms with Crippen molar-refractivity contribution in [3.05, 3.63) is 39.3 Å². The number of thioether (sulfide) groups is 1. The van der Waals surface area contributed by atoms with Crippen molar-refractivity contribution in [2.24, 2.45) is 4.99 Å². The van der Waals surface area contributed by atoms with Gasteiger partial charge in [0.05, 0.1) is 6.04 Å². The standard InChI is InChI=1S/C23H33N5O4S/c1-11(2)33-19-16(14(5)27-21(30)18(19)24)17-15(9-25-10-29)12(3)13(4)26-20(17)28-22(31)32-23(6,7)8/h10-11,13H,3,9,24H2,1-2,4-8H3,(H,25,29)(H,27,30)(H,26,28,31). The number of amidine groups is 1. The van der Waals surface area contributed by atoms with Gasteiger partial charge in [-0.2, -0.15) is 0 Å². The predicted octanol–water partition coefficient (Wildman–Crippen LogP) is 3.15. The molecule has 1 aromatic rings. The Morgan fingerprint density at radius 3 is 2.58 bits per heavy atom. The maximum absolute atomic E-state index is 12.7. The van der Waals surface area contributed by atoms with Gasteiger partial charge in [-0.15, -0.1) is 11.8 Å². The summed E-state index contributed by atoms with van der Waals surface area (Å²) in [6.07, 6.45) is -0.0815. The Balaban J connectivity index is 2.82. The summed E-state index contributed by atoms with van der Waals surface area (Å²) in [7, 11) is 0. The van der Waals surface area contributed by atoms with E-state index >= 15 is 0 Å². The number of hydrogen-bond donors (Lipinski definition) is 4. The fraction of sp³-hybridized carbons (Fsp3) is 0.478. The Bertz CT molecular complexity index is 1080. The van der Waals surface area contributed by atoms with Crippen molar-refractivity contribution in [1.82, 2.24) is 15.6 Å². The first kappa shape index (κ1) is 26.2. The van der Waals surface area contributed by atoms with Gasteiger partial charge in [-0.3, -0.25) is 19.9 Å². The number of aryl methyl sites for hydroxylation is 1. The lowest BCUT2D eigenvalue weighted by molar-refractivity contribution is -0.109. The highest BCUT2D eigenvalue weighted by molar-refractivity contribution is 8.00. The van der Waals surface area contributed by atoms with Crippen LogP contribution >= 0.6 is 11.8 Å².